The molecule has 2 unspecified atom stereocenters. The van der Waals surface area contributed by atoms with Crippen LogP contribution >= 0.6 is 0 Å². The van der Waals surface area contributed by atoms with Crippen LogP contribution < -0.4 is 0 Å². The van der Waals surface area contributed by atoms with Crippen LogP contribution in [0.5, 0.6) is 0 Å². The summed E-state index contributed by atoms with van der Waals surface area (Å²) in [7, 11) is 0. The second kappa shape index (κ2) is 5.61. The number of β-amino-alcohol motifs (C(OH)–C–C–N with tert-alkyl or cyclic N) is 1. The molecule has 0 saturated carbocycles. The van der Waals surface area contributed by atoms with Crippen LogP contribution in [0.2, 0.25) is 0 Å². The van der Waals surface area contributed by atoms with Gasteiger partial charge in [0.25, 0.3) is 0 Å². The van der Waals surface area contributed by atoms with Gasteiger partial charge >= 0.3 is 0 Å². The largest absolute Gasteiger partial charge is 0.392 e. The van der Waals surface area contributed by atoms with Crippen molar-refractivity contribution >= 4 is 0 Å². The lowest BCUT2D eigenvalue weighted by atomic mass is 10.0. The zero-order valence-electron chi connectivity index (χ0n) is 9.00. The van der Waals surface area contributed by atoms with Crippen LogP contribution in [0, 0.1) is 5.92 Å². The molecule has 0 radical (unpaired) electrons. The summed E-state index contributed by atoms with van der Waals surface area (Å²) in [5.41, 5.74) is 0. The summed E-state index contributed by atoms with van der Waals surface area (Å²) >= 11 is 0. The summed E-state index contributed by atoms with van der Waals surface area (Å²) in [6, 6.07) is 0. The second-order valence-corrected chi connectivity index (χ2v) is 4.45. The molecule has 1 saturated heterocycles. The Morgan fingerprint density at radius 1 is 1.54 bits per heavy atom. The monoisotopic (exact) mass is 185 g/mol. The third kappa shape index (κ3) is 4.10. The van der Waals surface area contributed by atoms with Gasteiger partial charge in [0.05, 0.1) is 6.10 Å². The van der Waals surface area contributed by atoms with Gasteiger partial charge in [0.15, 0.2) is 0 Å². The van der Waals surface area contributed by atoms with Crippen LogP contribution in [-0.4, -0.2) is 35.7 Å². The van der Waals surface area contributed by atoms with Crippen molar-refractivity contribution in [3.63, 3.8) is 0 Å². The van der Waals surface area contributed by atoms with Gasteiger partial charge in [-0.15, -0.1) is 0 Å². The molecule has 2 nitrogen and oxygen atoms in total. The number of rotatable bonds is 4. The first-order valence-electron chi connectivity index (χ1n) is 5.62. The van der Waals surface area contributed by atoms with Crippen molar-refractivity contribution in [3.8, 4) is 0 Å². The van der Waals surface area contributed by atoms with Crippen LogP contribution in [0.1, 0.15) is 39.5 Å². The van der Waals surface area contributed by atoms with Gasteiger partial charge in [0.1, 0.15) is 0 Å². The molecule has 1 rings (SSSR count). The minimum Gasteiger partial charge on any atom is -0.392 e. The molecule has 78 valence electrons. The first-order valence-corrected chi connectivity index (χ1v) is 5.62. The third-order valence-corrected chi connectivity index (χ3v) is 2.83. The van der Waals surface area contributed by atoms with Crippen LogP contribution in [0.3, 0.4) is 0 Å². The SMILES string of the molecule is CCCC(C)CN1CCCC(O)C1. The second-order valence-electron chi connectivity index (χ2n) is 4.45. The Bertz CT molecular complexity index is 138. The summed E-state index contributed by atoms with van der Waals surface area (Å²) in [5.74, 6) is 0.787. The van der Waals surface area contributed by atoms with Crippen LogP contribution in [-0.2, 0) is 0 Å². The molecule has 2 heteroatoms. The van der Waals surface area contributed by atoms with Gasteiger partial charge in [-0.25, -0.2) is 0 Å². The van der Waals surface area contributed by atoms with E-state index in [1.807, 2.05) is 0 Å². The Morgan fingerprint density at radius 3 is 2.92 bits per heavy atom. The highest BCUT2D eigenvalue weighted by molar-refractivity contribution is 4.73. The fourth-order valence-corrected chi connectivity index (χ4v) is 2.22. The van der Waals surface area contributed by atoms with Gasteiger partial charge in [0.2, 0.25) is 0 Å². The Labute approximate surface area is 81.9 Å². The highest BCUT2D eigenvalue weighted by atomic mass is 16.3. The highest BCUT2D eigenvalue weighted by Crippen LogP contribution is 2.13. The number of hydrogen-bond acceptors (Lipinski definition) is 2. The van der Waals surface area contributed by atoms with E-state index < -0.39 is 0 Å². The van der Waals surface area contributed by atoms with Gasteiger partial charge in [-0.05, 0) is 31.7 Å². The molecule has 1 aliphatic rings. The average Bonchev–Trinajstić information content (AvgIpc) is 2.04. The van der Waals surface area contributed by atoms with Gasteiger partial charge in [-0.3, -0.25) is 0 Å². The molecule has 0 aliphatic carbocycles. The molecule has 0 aromatic carbocycles. The first kappa shape index (κ1) is 11.0. The topological polar surface area (TPSA) is 23.5 Å². The van der Waals surface area contributed by atoms with Crippen molar-refractivity contribution in [2.45, 2.75) is 45.6 Å². The van der Waals surface area contributed by atoms with Crippen molar-refractivity contribution < 1.29 is 5.11 Å². The molecule has 0 aromatic rings. The van der Waals surface area contributed by atoms with Crippen molar-refractivity contribution in [3.05, 3.63) is 0 Å². The van der Waals surface area contributed by atoms with Crippen molar-refractivity contribution in [2.24, 2.45) is 5.92 Å². The maximum atomic E-state index is 9.48. The summed E-state index contributed by atoms with van der Waals surface area (Å²) in [5, 5.41) is 9.48. The highest BCUT2D eigenvalue weighted by Gasteiger charge is 2.18. The lowest BCUT2D eigenvalue weighted by molar-refractivity contribution is 0.0627. The number of hydrogen-bond donors (Lipinski definition) is 1. The molecule has 0 bridgehead atoms. The molecular formula is C11H23NO. The van der Waals surface area contributed by atoms with Gasteiger partial charge in [-0.1, -0.05) is 20.3 Å². The summed E-state index contributed by atoms with van der Waals surface area (Å²) in [4.78, 5) is 2.41. The Morgan fingerprint density at radius 2 is 2.31 bits per heavy atom. The van der Waals surface area contributed by atoms with Crippen molar-refractivity contribution in [1.82, 2.24) is 4.90 Å². The number of piperidine rings is 1. The lowest BCUT2D eigenvalue weighted by Crippen LogP contribution is -2.40. The van der Waals surface area contributed by atoms with E-state index in [1.165, 1.54) is 32.4 Å². The molecular weight excluding hydrogens is 162 g/mol. The zero-order chi connectivity index (χ0) is 9.68. The van der Waals surface area contributed by atoms with Crippen LogP contribution in [0.25, 0.3) is 0 Å². The van der Waals surface area contributed by atoms with Crippen LogP contribution in [0.4, 0.5) is 0 Å². The summed E-state index contributed by atoms with van der Waals surface area (Å²) in [6.07, 6.45) is 4.69. The Balaban J connectivity index is 2.19. The van der Waals surface area contributed by atoms with E-state index in [-0.39, 0.29) is 6.10 Å². The zero-order valence-corrected chi connectivity index (χ0v) is 9.00. The van der Waals surface area contributed by atoms with Gasteiger partial charge in [0, 0.05) is 13.1 Å². The summed E-state index contributed by atoms with van der Waals surface area (Å²) in [6.45, 7) is 7.80. The molecule has 13 heavy (non-hydrogen) atoms. The predicted molar refractivity (Wildman–Crippen MR) is 55.8 cm³/mol. The number of aliphatic hydroxyl groups excluding tert-OH is 1. The molecule has 1 fully saturated rings. The maximum Gasteiger partial charge on any atom is 0.0667 e. The van der Waals surface area contributed by atoms with Gasteiger partial charge in [-0.2, -0.15) is 0 Å². The standard InChI is InChI=1S/C11H23NO/c1-3-5-10(2)8-12-7-4-6-11(13)9-12/h10-11,13H,3-9H2,1-2H3. The molecule has 0 aromatic heterocycles. The van der Waals surface area contributed by atoms with Crippen LogP contribution in [0.15, 0.2) is 0 Å². The van der Waals surface area contributed by atoms with Gasteiger partial charge < -0.3 is 10.0 Å². The lowest BCUT2D eigenvalue weighted by Gasteiger charge is -2.31. The normalized spacial score (nSPS) is 27.5. The Kier molecular flexibility index (Phi) is 4.74. The molecule has 1 N–H and O–H groups in total. The maximum absolute atomic E-state index is 9.48. The van der Waals surface area contributed by atoms with E-state index in [2.05, 4.69) is 18.7 Å². The quantitative estimate of drug-likeness (QED) is 0.723. The van der Waals surface area contributed by atoms with Crippen molar-refractivity contribution in [1.29, 1.82) is 0 Å². The molecule has 1 aliphatic heterocycles. The number of likely N-dealkylation sites (tertiary alicyclic amines) is 1. The van der Waals surface area contributed by atoms with E-state index in [0.717, 1.165) is 18.9 Å². The van der Waals surface area contributed by atoms with E-state index in [4.69, 9.17) is 0 Å². The third-order valence-electron chi connectivity index (χ3n) is 2.83. The Hall–Kier alpha value is -0.0800. The minimum atomic E-state index is -0.0671. The first-order chi connectivity index (χ1) is 6.22. The van der Waals surface area contributed by atoms with Crippen molar-refractivity contribution in [2.75, 3.05) is 19.6 Å². The molecule has 0 amide bonds. The minimum absolute atomic E-state index is 0.0671. The smallest absolute Gasteiger partial charge is 0.0667 e. The summed E-state index contributed by atoms with van der Waals surface area (Å²) < 4.78 is 0. The fraction of sp³-hybridized carbons (Fsp3) is 1.00. The van der Waals surface area contributed by atoms with E-state index in [1.54, 1.807) is 0 Å². The van der Waals surface area contributed by atoms with E-state index in [0.29, 0.717) is 0 Å². The molecule has 1 heterocycles. The van der Waals surface area contributed by atoms with E-state index >= 15 is 0 Å². The predicted octanol–water partition coefficient (Wildman–Crippen LogP) is 1.88. The fourth-order valence-electron chi connectivity index (χ4n) is 2.22. The number of aliphatic hydroxyl groups is 1. The number of nitrogens with zero attached hydrogens (tertiary/aromatic N) is 1. The molecule has 0 spiro atoms. The van der Waals surface area contributed by atoms with E-state index in [9.17, 15) is 5.11 Å². The molecule has 2 atom stereocenters. The average molecular weight is 185 g/mol.